The zero-order chi connectivity index (χ0) is 17.6. The first kappa shape index (κ1) is 16.3. The molecule has 0 bridgehead atoms. The summed E-state index contributed by atoms with van der Waals surface area (Å²) in [4.78, 5) is 12.1. The van der Waals surface area contributed by atoms with Crippen molar-refractivity contribution in [2.24, 2.45) is 5.10 Å². The highest BCUT2D eigenvalue weighted by atomic mass is 16.3. The number of carbonyl (C=O) groups is 1. The lowest BCUT2D eigenvalue weighted by Crippen LogP contribution is -2.17. The number of phenolic OH excluding ortho intramolecular Hbond substituents is 2. The Hall–Kier alpha value is -3.60. The number of benzene rings is 3. The van der Waals surface area contributed by atoms with Crippen molar-refractivity contribution in [2.45, 2.75) is 0 Å². The molecule has 0 saturated carbocycles. The van der Waals surface area contributed by atoms with E-state index < -0.39 is 0 Å². The lowest BCUT2D eigenvalue weighted by molar-refractivity contribution is 0.0955. The molecular weight excluding hydrogens is 316 g/mol. The molecule has 0 aromatic heterocycles. The molecule has 5 heteroatoms. The lowest BCUT2D eigenvalue weighted by Gasteiger charge is -2.04. The number of para-hydroxylation sites is 1. The summed E-state index contributed by atoms with van der Waals surface area (Å²) in [5.41, 5.74) is 5.26. The maximum atomic E-state index is 12.1. The second-order valence-electron chi connectivity index (χ2n) is 5.36. The van der Waals surface area contributed by atoms with E-state index in [1.165, 1.54) is 12.3 Å². The molecule has 0 radical (unpaired) electrons. The van der Waals surface area contributed by atoms with Gasteiger partial charge in [0.15, 0.2) is 11.5 Å². The Balaban J connectivity index is 1.67. The Kier molecular flexibility index (Phi) is 4.76. The average molecular weight is 332 g/mol. The summed E-state index contributed by atoms with van der Waals surface area (Å²) in [5.74, 6) is -0.894. The number of hydrogen-bond donors (Lipinski definition) is 3. The van der Waals surface area contributed by atoms with Crippen molar-refractivity contribution in [3.8, 4) is 22.6 Å². The molecule has 0 aliphatic rings. The molecule has 0 fully saturated rings. The largest absolute Gasteiger partial charge is 0.504 e. The van der Waals surface area contributed by atoms with E-state index in [1.807, 2.05) is 42.5 Å². The molecule has 0 aliphatic heterocycles. The van der Waals surface area contributed by atoms with E-state index in [0.29, 0.717) is 11.1 Å². The van der Waals surface area contributed by atoms with Crippen LogP contribution < -0.4 is 5.43 Å². The van der Waals surface area contributed by atoms with E-state index in [4.69, 9.17) is 0 Å². The second kappa shape index (κ2) is 7.31. The maximum absolute atomic E-state index is 12.1. The van der Waals surface area contributed by atoms with Gasteiger partial charge < -0.3 is 10.2 Å². The van der Waals surface area contributed by atoms with Gasteiger partial charge in [-0.1, -0.05) is 48.5 Å². The van der Waals surface area contributed by atoms with Gasteiger partial charge in [-0.15, -0.1) is 0 Å². The minimum Gasteiger partial charge on any atom is -0.504 e. The van der Waals surface area contributed by atoms with Gasteiger partial charge in [-0.2, -0.15) is 5.10 Å². The topological polar surface area (TPSA) is 81.9 Å². The summed E-state index contributed by atoms with van der Waals surface area (Å²) >= 11 is 0. The molecule has 3 rings (SSSR count). The van der Waals surface area contributed by atoms with E-state index in [2.05, 4.69) is 10.5 Å². The Morgan fingerprint density at radius 3 is 2.24 bits per heavy atom. The molecular formula is C20H16N2O3. The van der Waals surface area contributed by atoms with E-state index in [1.54, 1.807) is 24.3 Å². The van der Waals surface area contributed by atoms with Crippen LogP contribution in [-0.2, 0) is 0 Å². The number of amides is 1. The van der Waals surface area contributed by atoms with Gasteiger partial charge in [-0.25, -0.2) is 5.43 Å². The van der Waals surface area contributed by atoms with Gasteiger partial charge in [-0.05, 0) is 35.4 Å². The summed E-state index contributed by atoms with van der Waals surface area (Å²) in [5, 5.41) is 22.9. The van der Waals surface area contributed by atoms with Crippen molar-refractivity contribution in [3.63, 3.8) is 0 Å². The van der Waals surface area contributed by atoms with Crippen molar-refractivity contribution in [1.29, 1.82) is 0 Å². The predicted octanol–water partition coefficient (Wildman–Crippen LogP) is 3.53. The average Bonchev–Trinajstić information content (AvgIpc) is 2.66. The van der Waals surface area contributed by atoms with Crippen LogP contribution in [0.2, 0.25) is 0 Å². The van der Waals surface area contributed by atoms with Crippen molar-refractivity contribution in [1.82, 2.24) is 5.43 Å². The molecule has 0 unspecified atom stereocenters. The lowest BCUT2D eigenvalue weighted by atomic mass is 10.0. The van der Waals surface area contributed by atoms with Gasteiger partial charge in [-0.3, -0.25) is 4.79 Å². The second-order valence-corrected chi connectivity index (χ2v) is 5.36. The highest BCUT2D eigenvalue weighted by molar-refractivity contribution is 5.95. The quantitative estimate of drug-likeness (QED) is 0.388. The van der Waals surface area contributed by atoms with Gasteiger partial charge in [0.25, 0.3) is 5.91 Å². The van der Waals surface area contributed by atoms with Gasteiger partial charge in [0, 0.05) is 11.1 Å². The summed E-state index contributed by atoms with van der Waals surface area (Å²) < 4.78 is 0. The minimum atomic E-state index is -0.365. The Labute approximate surface area is 144 Å². The van der Waals surface area contributed by atoms with E-state index in [9.17, 15) is 15.0 Å². The molecule has 3 aromatic carbocycles. The summed E-state index contributed by atoms with van der Waals surface area (Å²) in [6.07, 6.45) is 1.27. The summed E-state index contributed by atoms with van der Waals surface area (Å²) in [7, 11) is 0. The first-order chi connectivity index (χ1) is 12.1. The van der Waals surface area contributed by atoms with Crippen LogP contribution in [-0.4, -0.2) is 22.3 Å². The highest BCUT2D eigenvalue weighted by Crippen LogP contribution is 2.26. The zero-order valence-corrected chi connectivity index (χ0v) is 13.3. The third-order valence-corrected chi connectivity index (χ3v) is 3.67. The summed E-state index contributed by atoms with van der Waals surface area (Å²) in [6, 6.07) is 21.6. The smallest absolute Gasteiger partial charge is 0.271 e. The van der Waals surface area contributed by atoms with E-state index >= 15 is 0 Å². The molecule has 25 heavy (non-hydrogen) atoms. The van der Waals surface area contributed by atoms with Crippen molar-refractivity contribution >= 4 is 12.1 Å². The normalized spacial score (nSPS) is 10.7. The van der Waals surface area contributed by atoms with Crippen LogP contribution in [0.25, 0.3) is 11.1 Å². The summed E-state index contributed by atoms with van der Waals surface area (Å²) in [6.45, 7) is 0. The molecule has 0 aliphatic carbocycles. The molecule has 0 heterocycles. The van der Waals surface area contributed by atoms with E-state index in [-0.39, 0.29) is 17.4 Å². The molecule has 124 valence electrons. The van der Waals surface area contributed by atoms with Crippen LogP contribution in [0.15, 0.2) is 77.9 Å². The molecule has 0 spiro atoms. The number of carbonyl (C=O) groups excluding carboxylic acids is 1. The van der Waals surface area contributed by atoms with Crippen LogP contribution in [0, 0.1) is 0 Å². The van der Waals surface area contributed by atoms with Gasteiger partial charge in [0.05, 0.1) is 6.21 Å². The third kappa shape index (κ3) is 3.84. The zero-order valence-electron chi connectivity index (χ0n) is 13.3. The molecule has 0 saturated heterocycles. The van der Waals surface area contributed by atoms with Crippen LogP contribution in [0.4, 0.5) is 0 Å². The molecule has 3 aromatic rings. The van der Waals surface area contributed by atoms with Crippen molar-refractivity contribution < 1.29 is 15.0 Å². The van der Waals surface area contributed by atoms with Gasteiger partial charge >= 0.3 is 0 Å². The Morgan fingerprint density at radius 2 is 1.52 bits per heavy atom. The van der Waals surface area contributed by atoms with Gasteiger partial charge in [0.1, 0.15) is 0 Å². The fraction of sp³-hybridized carbons (Fsp3) is 0. The molecule has 0 atom stereocenters. The van der Waals surface area contributed by atoms with Gasteiger partial charge in [0.2, 0.25) is 0 Å². The molecule has 5 nitrogen and oxygen atoms in total. The minimum absolute atomic E-state index is 0.244. The number of hydrazone groups is 1. The Bertz CT molecular complexity index is 904. The number of nitrogens with one attached hydrogen (secondary N) is 1. The third-order valence-electron chi connectivity index (χ3n) is 3.67. The standard InChI is InChI=1S/C20H16N2O3/c23-18-8-4-7-17(19(18)24)13-21-22-20(25)16-11-9-15(10-12-16)14-5-2-1-3-6-14/h1-13,23-24H,(H,22,25)/b21-13+. The number of hydrogen-bond acceptors (Lipinski definition) is 4. The fourth-order valence-electron chi connectivity index (χ4n) is 2.32. The van der Waals surface area contributed by atoms with Crippen molar-refractivity contribution in [3.05, 3.63) is 83.9 Å². The SMILES string of the molecule is O=C(N/N=C/c1cccc(O)c1O)c1ccc(-c2ccccc2)cc1. The first-order valence-electron chi connectivity index (χ1n) is 7.65. The molecule has 1 amide bonds. The number of phenols is 2. The van der Waals surface area contributed by atoms with Crippen LogP contribution in [0.5, 0.6) is 11.5 Å². The van der Waals surface area contributed by atoms with Crippen molar-refractivity contribution in [2.75, 3.05) is 0 Å². The van der Waals surface area contributed by atoms with Crippen LogP contribution in [0.1, 0.15) is 15.9 Å². The monoisotopic (exact) mass is 332 g/mol. The number of rotatable bonds is 4. The number of nitrogens with zero attached hydrogens (tertiary/aromatic N) is 1. The maximum Gasteiger partial charge on any atom is 0.271 e. The first-order valence-corrected chi connectivity index (χ1v) is 7.65. The van der Waals surface area contributed by atoms with E-state index in [0.717, 1.165) is 11.1 Å². The predicted molar refractivity (Wildman–Crippen MR) is 96.7 cm³/mol. The highest BCUT2D eigenvalue weighted by Gasteiger charge is 2.06. The van der Waals surface area contributed by atoms with Crippen LogP contribution >= 0.6 is 0 Å². The molecule has 3 N–H and O–H groups in total. The van der Waals surface area contributed by atoms with Crippen LogP contribution in [0.3, 0.4) is 0 Å². The Morgan fingerprint density at radius 1 is 0.840 bits per heavy atom. The fourth-order valence-corrected chi connectivity index (χ4v) is 2.32. The number of aromatic hydroxyl groups is 2.